The number of rotatable bonds is 1. The first-order chi connectivity index (χ1) is 9.08. The van der Waals surface area contributed by atoms with Crippen LogP contribution in [0, 0.1) is 0 Å². The van der Waals surface area contributed by atoms with Gasteiger partial charge in [-0.15, -0.1) is 0 Å². The Morgan fingerprint density at radius 3 is 2.74 bits per heavy atom. The third kappa shape index (κ3) is 2.05. The lowest BCUT2D eigenvalue weighted by Crippen LogP contribution is -2.44. The molecule has 3 nitrogen and oxygen atoms in total. The Morgan fingerprint density at radius 1 is 1.21 bits per heavy atom. The summed E-state index contributed by atoms with van der Waals surface area (Å²) in [4.78, 5) is 14.3. The van der Waals surface area contributed by atoms with Gasteiger partial charge < -0.3 is 9.32 Å². The van der Waals surface area contributed by atoms with Crippen LogP contribution in [0.15, 0.2) is 47.1 Å². The summed E-state index contributed by atoms with van der Waals surface area (Å²) in [6, 6.07) is 11.8. The minimum Gasteiger partial charge on any atom is -0.459 e. The molecule has 0 aliphatic carbocycles. The molecule has 1 aromatic heterocycles. The van der Waals surface area contributed by atoms with Gasteiger partial charge in [-0.25, -0.2) is 0 Å². The lowest BCUT2D eigenvalue weighted by Gasteiger charge is -2.39. The van der Waals surface area contributed by atoms with Crippen LogP contribution in [-0.4, -0.2) is 17.4 Å². The predicted molar refractivity (Wildman–Crippen MR) is 72.9 cm³/mol. The van der Waals surface area contributed by atoms with E-state index in [0.717, 1.165) is 0 Å². The van der Waals surface area contributed by atoms with E-state index >= 15 is 0 Å². The first kappa shape index (κ1) is 12.0. The van der Waals surface area contributed by atoms with Gasteiger partial charge in [0.25, 0.3) is 5.91 Å². The van der Waals surface area contributed by atoms with Gasteiger partial charge >= 0.3 is 0 Å². The molecule has 2 aromatic rings. The Labute approximate surface area is 112 Å². The Hall–Kier alpha value is -2.03. The fraction of sp³-hybridized carbons (Fsp3) is 0.312. The number of nitrogens with zero attached hydrogens (tertiary/aromatic N) is 1. The van der Waals surface area contributed by atoms with E-state index in [1.165, 1.54) is 17.4 Å². The molecule has 0 atom stereocenters. The van der Waals surface area contributed by atoms with Gasteiger partial charge in [-0.2, -0.15) is 0 Å². The summed E-state index contributed by atoms with van der Waals surface area (Å²) in [6.45, 7) is 5.71. The molecule has 98 valence electrons. The van der Waals surface area contributed by atoms with Gasteiger partial charge in [0, 0.05) is 18.5 Å². The maximum absolute atomic E-state index is 12.4. The highest BCUT2D eigenvalue weighted by molar-refractivity contribution is 5.91. The lowest BCUT2D eigenvalue weighted by atomic mass is 9.78. The number of fused-ring (bicyclic) bond motifs is 1. The van der Waals surface area contributed by atoms with Crippen LogP contribution < -0.4 is 0 Å². The standard InChI is InChI=1S/C16H17NO2/c1-16(2)11-17(15(18)14-8-5-9-19-14)10-12-6-3-4-7-13(12)16/h3-9H,10-11H2,1-2H3. The SMILES string of the molecule is CC1(C)CN(C(=O)c2ccco2)Cc2ccccc21. The Balaban J connectivity index is 1.94. The maximum Gasteiger partial charge on any atom is 0.289 e. The zero-order valence-electron chi connectivity index (χ0n) is 11.2. The van der Waals surface area contributed by atoms with Crippen molar-refractivity contribution in [3.63, 3.8) is 0 Å². The van der Waals surface area contributed by atoms with Crippen molar-refractivity contribution in [3.05, 3.63) is 59.5 Å². The van der Waals surface area contributed by atoms with E-state index in [1.807, 2.05) is 11.0 Å². The Bertz CT molecular complexity index is 599. The fourth-order valence-corrected chi connectivity index (χ4v) is 2.84. The molecule has 0 saturated heterocycles. The number of amides is 1. The maximum atomic E-state index is 12.4. The quantitative estimate of drug-likeness (QED) is 0.784. The number of carbonyl (C=O) groups excluding carboxylic acids is 1. The summed E-state index contributed by atoms with van der Waals surface area (Å²) in [5.74, 6) is 0.378. The van der Waals surface area contributed by atoms with E-state index in [0.29, 0.717) is 18.8 Å². The number of benzene rings is 1. The van der Waals surface area contributed by atoms with Crippen LogP contribution >= 0.6 is 0 Å². The van der Waals surface area contributed by atoms with Crippen molar-refractivity contribution in [3.8, 4) is 0 Å². The van der Waals surface area contributed by atoms with E-state index in [4.69, 9.17) is 4.42 Å². The van der Waals surface area contributed by atoms with Crippen molar-refractivity contribution in [1.29, 1.82) is 0 Å². The number of furan rings is 1. The molecular weight excluding hydrogens is 238 g/mol. The van der Waals surface area contributed by atoms with Crippen LogP contribution in [0.3, 0.4) is 0 Å². The smallest absolute Gasteiger partial charge is 0.289 e. The third-order valence-corrected chi connectivity index (χ3v) is 3.71. The van der Waals surface area contributed by atoms with Gasteiger partial charge in [-0.1, -0.05) is 38.1 Å². The average molecular weight is 255 g/mol. The van der Waals surface area contributed by atoms with Crippen LogP contribution in [0.4, 0.5) is 0 Å². The molecule has 0 bridgehead atoms. The van der Waals surface area contributed by atoms with E-state index in [2.05, 4.69) is 32.0 Å². The monoisotopic (exact) mass is 255 g/mol. The lowest BCUT2D eigenvalue weighted by molar-refractivity contribution is 0.0654. The molecule has 19 heavy (non-hydrogen) atoms. The van der Waals surface area contributed by atoms with Crippen molar-refractivity contribution in [2.45, 2.75) is 25.8 Å². The molecule has 2 heterocycles. The van der Waals surface area contributed by atoms with Gasteiger partial charge in [0.15, 0.2) is 5.76 Å². The molecule has 0 N–H and O–H groups in total. The van der Waals surface area contributed by atoms with E-state index < -0.39 is 0 Å². The summed E-state index contributed by atoms with van der Waals surface area (Å²) in [7, 11) is 0. The van der Waals surface area contributed by atoms with E-state index in [-0.39, 0.29) is 11.3 Å². The minimum atomic E-state index is -0.0346. The van der Waals surface area contributed by atoms with Crippen LogP contribution in [0.5, 0.6) is 0 Å². The molecule has 1 amide bonds. The minimum absolute atomic E-state index is 0.0307. The van der Waals surface area contributed by atoms with Gasteiger partial charge in [-0.3, -0.25) is 4.79 Å². The highest BCUT2D eigenvalue weighted by Crippen LogP contribution is 2.33. The van der Waals surface area contributed by atoms with Gasteiger partial charge in [0.2, 0.25) is 0 Å². The van der Waals surface area contributed by atoms with Crippen LogP contribution in [-0.2, 0) is 12.0 Å². The summed E-state index contributed by atoms with van der Waals surface area (Å²) in [5.41, 5.74) is 2.52. The normalized spacial score (nSPS) is 17.1. The zero-order chi connectivity index (χ0) is 13.5. The molecule has 3 rings (SSSR count). The molecule has 0 unspecified atom stereocenters. The second-order valence-corrected chi connectivity index (χ2v) is 5.68. The molecule has 3 heteroatoms. The Morgan fingerprint density at radius 2 is 2.00 bits per heavy atom. The summed E-state index contributed by atoms with van der Waals surface area (Å²) >= 11 is 0. The summed E-state index contributed by atoms with van der Waals surface area (Å²) < 4.78 is 5.21. The average Bonchev–Trinajstić information content (AvgIpc) is 2.91. The van der Waals surface area contributed by atoms with Crippen molar-refractivity contribution in [1.82, 2.24) is 4.90 Å². The van der Waals surface area contributed by atoms with Crippen molar-refractivity contribution >= 4 is 5.91 Å². The van der Waals surface area contributed by atoms with Crippen LogP contribution in [0.25, 0.3) is 0 Å². The number of carbonyl (C=O) groups is 1. The van der Waals surface area contributed by atoms with E-state index in [1.54, 1.807) is 12.1 Å². The first-order valence-corrected chi connectivity index (χ1v) is 6.49. The highest BCUT2D eigenvalue weighted by atomic mass is 16.3. The van der Waals surface area contributed by atoms with Crippen LogP contribution in [0.2, 0.25) is 0 Å². The van der Waals surface area contributed by atoms with Gasteiger partial charge in [0.1, 0.15) is 0 Å². The second-order valence-electron chi connectivity index (χ2n) is 5.68. The summed E-state index contributed by atoms with van der Waals surface area (Å²) in [5, 5.41) is 0. The fourth-order valence-electron chi connectivity index (χ4n) is 2.84. The Kier molecular flexibility index (Phi) is 2.70. The largest absolute Gasteiger partial charge is 0.459 e. The zero-order valence-corrected chi connectivity index (χ0v) is 11.2. The third-order valence-electron chi connectivity index (χ3n) is 3.71. The van der Waals surface area contributed by atoms with Crippen LogP contribution in [0.1, 0.15) is 35.5 Å². The van der Waals surface area contributed by atoms with Gasteiger partial charge in [-0.05, 0) is 23.3 Å². The molecule has 0 saturated carbocycles. The molecule has 1 aromatic carbocycles. The van der Waals surface area contributed by atoms with Crippen molar-refractivity contribution in [2.75, 3.05) is 6.54 Å². The molecule has 0 radical (unpaired) electrons. The molecule has 0 spiro atoms. The molecule has 1 aliphatic rings. The first-order valence-electron chi connectivity index (χ1n) is 6.49. The van der Waals surface area contributed by atoms with Crippen molar-refractivity contribution < 1.29 is 9.21 Å². The molecule has 1 aliphatic heterocycles. The van der Waals surface area contributed by atoms with Crippen molar-refractivity contribution in [2.24, 2.45) is 0 Å². The van der Waals surface area contributed by atoms with Gasteiger partial charge in [0.05, 0.1) is 6.26 Å². The molecular formula is C16H17NO2. The second kappa shape index (κ2) is 4.26. The number of hydrogen-bond donors (Lipinski definition) is 0. The molecule has 0 fully saturated rings. The topological polar surface area (TPSA) is 33.5 Å². The predicted octanol–water partition coefficient (Wildman–Crippen LogP) is 3.21. The van der Waals surface area contributed by atoms with E-state index in [9.17, 15) is 4.79 Å². The number of hydrogen-bond acceptors (Lipinski definition) is 2. The summed E-state index contributed by atoms with van der Waals surface area (Å²) in [6.07, 6.45) is 1.54. The highest BCUT2D eigenvalue weighted by Gasteiger charge is 2.34.